The van der Waals surface area contributed by atoms with Crippen LogP contribution in [0.15, 0.2) is 0 Å². The van der Waals surface area contributed by atoms with Crippen LogP contribution in [0.3, 0.4) is 0 Å². The number of hydrogen-bond donors (Lipinski definition) is 0. The van der Waals surface area contributed by atoms with Gasteiger partial charge in [-0.3, -0.25) is 0 Å². The summed E-state index contributed by atoms with van der Waals surface area (Å²) in [6.07, 6.45) is 6.13. The van der Waals surface area contributed by atoms with Gasteiger partial charge in [0.05, 0.1) is 0 Å². The third-order valence-electron chi connectivity index (χ3n) is 2.69. The molecule has 1 fully saturated rings. The van der Waals surface area contributed by atoms with E-state index in [-0.39, 0.29) is 51.0 Å². The van der Waals surface area contributed by atoms with E-state index >= 15 is 0 Å². The van der Waals surface area contributed by atoms with E-state index in [0.717, 1.165) is 12.8 Å². The molecule has 0 aromatic rings. The topological polar surface area (TPSA) is 41.8 Å². The summed E-state index contributed by atoms with van der Waals surface area (Å²) in [7, 11) is 2.13. The van der Waals surface area contributed by atoms with Crippen LogP contribution in [0.1, 0.15) is 32.1 Å². The largest absolute Gasteiger partial charge is 3.00 e. The first-order valence-electron chi connectivity index (χ1n) is 5.14. The molecule has 0 aromatic carbocycles. The Balaban J connectivity index is -0.000000653. The summed E-state index contributed by atoms with van der Waals surface area (Å²) in [4.78, 5) is 4.59. The van der Waals surface area contributed by atoms with Gasteiger partial charge in [0.15, 0.2) is 0 Å². The molecule has 8 heteroatoms. The Kier molecular flexibility index (Phi) is 17.4. The zero-order valence-corrected chi connectivity index (χ0v) is 15.5. The van der Waals surface area contributed by atoms with Crippen LogP contribution in [0.5, 0.6) is 0 Å². The molecule has 1 aliphatic carbocycles. The van der Waals surface area contributed by atoms with Crippen LogP contribution in [0.2, 0.25) is 0 Å². The van der Waals surface area contributed by atoms with Crippen LogP contribution in [0.4, 0.5) is 0 Å². The first kappa shape index (κ1) is 23.6. The zero-order valence-electron chi connectivity index (χ0n) is 10.5. The Bertz CT molecular complexity index is 164. The Morgan fingerprint density at radius 2 is 1.29 bits per heavy atom. The van der Waals surface area contributed by atoms with E-state index < -0.39 is 8.97 Å². The van der Waals surface area contributed by atoms with Gasteiger partial charge < -0.3 is 43.1 Å². The molecule has 101 valence electrons. The molecule has 0 heterocycles. The summed E-state index contributed by atoms with van der Waals surface area (Å²) in [6.45, 7) is 0. The molecule has 0 spiro atoms. The molecular formula is C9H20Cl2NO3SiZr. The van der Waals surface area contributed by atoms with Crippen LogP contribution in [-0.2, 0) is 39.5 Å². The maximum atomic E-state index is 5.27. The van der Waals surface area contributed by atoms with Gasteiger partial charge in [0, 0.05) is 21.3 Å². The fourth-order valence-corrected chi connectivity index (χ4v) is 3.36. The number of rotatable bonds is 5. The molecule has 17 heavy (non-hydrogen) atoms. The summed E-state index contributed by atoms with van der Waals surface area (Å²) in [6, 6.07) is 0.371. The van der Waals surface area contributed by atoms with Crippen LogP contribution in [-0.4, -0.2) is 36.3 Å². The van der Waals surface area contributed by atoms with Crippen molar-refractivity contribution in [2.24, 2.45) is 0 Å². The average molecular weight is 380 g/mol. The van der Waals surface area contributed by atoms with Gasteiger partial charge in [-0.25, -0.2) is 0 Å². The first-order valence-corrected chi connectivity index (χ1v) is 6.81. The Morgan fingerprint density at radius 1 is 0.882 bits per heavy atom. The summed E-state index contributed by atoms with van der Waals surface area (Å²) in [5.41, 5.74) is 0. The molecule has 0 saturated heterocycles. The number of halogens is 2. The molecule has 1 saturated carbocycles. The molecule has 0 aromatic heterocycles. The number of hydrogen-bond acceptors (Lipinski definition) is 3. The predicted octanol–water partition coefficient (Wildman–Crippen LogP) is -3.93. The molecule has 0 bridgehead atoms. The Morgan fingerprint density at radius 3 is 1.65 bits per heavy atom. The van der Waals surface area contributed by atoms with Gasteiger partial charge in [0.25, 0.3) is 0 Å². The summed E-state index contributed by atoms with van der Waals surface area (Å²) < 4.78 is 15.8. The maximum absolute atomic E-state index is 5.27. The van der Waals surface area contributed by atoms with Gasteiger partial charge in [-0.05, 0) is 0 Å². The molecule has 1 radical (unpaired) electrons. The first-order chi connectivity index (χ1) is 6.76. The van der Waals surface area contributed by atoms with Crippen molar-refractivity contribution in [2.75, 3.05) is 21.3 Å². The van der Waals surface area contributed by atoms with Crippen molar-refractivity contribution in [1.29, 1.82) is 0 Å². The quantitative estimate of drug-likeness (QED) is 0.458. The molecule has 0 N–H and O–H groups in total. The van der Waals surface area contributed by atoms with Crippen molar-refractivity contribution in [3.05, 3.63) is 4.98 Å². The van der Waals surface area contributed by atoms with Crippen LogP contribution < -0.4 is 24.8 Å². The van der Waals surface area contributed by atoms with E-state index in [4.69, 9.17) is 13.3 Å². The van der Waals surface area contributed by atoms with Crippen LogP contribution in [0.25, 0.3) is 4.98 Å². The van der Waals surface area contributed by atoms with Gasteiger partial charge >= 0.3 is 35.2 Å². The maximum Gasteiger partial charge on any atom is 3.00 e. The van der Waals surface area contributed by atoms with Gasteiger partial charge in [-0.1, -0.05) is 32.1 Å². The molecule has 1 rings (SSSR count). The normalized spacial score (nSPS) is 16.4. The van der Waals surface area contributed by atoms with E-state index in [9.17, 15) is 0 Å². The standard InChI is InChI=1S/C9H20NO3Si.2ClH.Zr/c1-11-14(12-2,13-3)10-9-7-5-4-6-8-9;;;/h9H,4-8H2,1-3H3;2*1H;/q-1;;;+3/p-2. The summed E-state index contributed by atoms with van der Waals surface area (Å²) in [5.74, 6) is 0. The number of nitrogens with zero attached hydrogens (tertiary/aromatic N) is 1. The van der Waals surface area contributed by atoms with E-state index in [0.29, 0.717) is 6.04 Å². The predicted molar refractivity (Wildman–Crippen MR) is 57.0 cm³/mol. The summed E-state index contributed by atoms with van der Waals surface area (Å²) >= 11 is 0. The van der Waals surface area contributed by atoms with Crippen molar-refractivity contribution in [3.8, 4) is 0 Å². The molecule has 1 aliphatic rings. The smallest absolute Gasteiger partial charge is 1.00 e. The van der Waals surface area contributed by atoms with Gasteiger partial charge in [0.1, 0.15) is 0 Å². The van der Waals surface area contributed by atoms with E-state index in [1.54, 1.807) is 21.3 Å². The SMILES string of the molecule is CO[Si]([N-]C1CCCCC1)(OC)OC.[Cl-].[Cl-].[Zr+3]. The van der Waals surface area contributed by atoms with E-state index in [1.807, 2.05) is 0 Å². The molecule has 0 atom stereocenters. The second-order valence-corrected chi connectivity index (χ2v) is 6.09. The fraction of sp³-hybridized carbons (Fsp3) is 1.00. The van der Waals surface area contributed by atoms with Crippen molar-refractivity contribution in [1.82, 2.24) is 0 Å². The van der Waals surface area contributed by atoms with E-state index in [2.05, 4.69) is 4.98 Å². The summed E-state index contributed by atoms with van der Waals surface area (Å²) in [5, 5.41) is 0. The van der Waals surface area contributed by atoms with Crippen molar-refractivity contribution in [2.45, 2.75) is 38.1 Å². The van der Waals surface area contributed by atoms with E-state index in [1.165, 1.54) is 19.3 Å². The third-order valence-corrected chi connectivity index (χ3v) is 4.92. The van der Waals surface area contributed by atoms with Crippen LogP contribution in [0, 0.1) is 0 Å². The Hall–Kier alpha value is 1.52. The van der Waals surface area contributed by atoms with Crippen molar-refractivity contribution in [3.63, 3.8) is 0 Å². The minimum absolute atomic E-state index is 0. The third kappa shape index (κ3) is 7.63. The molecule has 0 amide bonds. The zero-order chi connectivity index (χ0) is 10.4. The van der Waals surface area contributed by atoms with Crippen molar-refractivity contribution >= 4 is 8.97 Å². The van der Waals surface area contributed by atoms with Crippen molar-refractivity contribution < 1.29 is 64.3 Å². The molecule has 0 aliphatic heterocycles. The van der Waals surface area contributed by atoms with Gasteiger partial charge in [0.2, 0.25) is 0 Å². The van der Waals surface area contributed by atoms with Gasteiger partial charge in [-0.15, -0.1) is 6.04 Å². The molecule has 4 nitrogen and oxygen atoms in total. The molecular weight excluding hydrogens is 360 g/mol. The van der Waals surface area contributed by atoms with Crippen LogP contribution >= 0.6 is 0 Å². The monoisotopic (exact) mass is 378 g/mol. The van der Waals surface area contributed by atoms with Gasteiger partial charge in [-0.2, -0.15) is 0 Å². The Labute approximate surface area is 137 Å². The molecule has 0 unspecified atom stereocenters. The second-order valence-electron chi connectivity index (χ2n) is 3.56. The average Bonchev–Trinajstić information content (AvgIpc) is 2.28. The minimum atomic E-state index is -2.68. The fourth-order valence-electron chi connectivity index (χ4n) is 1.84. The minimum Gasteiger partial charge on any atom is -1.00 e. The second kappa shape index (κ2) is 12.5.